The first-order chi connectivity index (χ1) is 15.8. The van der Waals surface area contributed by atoms with Gasteiger partial charge < -0.3 is 10.2 Å². The Hall–Kier alpha value is -3.14. The van der Waals surface area contributed by atoms with Crippen molar-refractivity contribution in [1.82, 2.24) is 24.9 Å². The highest BCUT2D eigenvalue weighted by molar-refractivity contribution is 6.34. The lowest BCUT2D eigenvalue weighted by Gasteiger charge is -2.40. The first kappa shape index (κ1) is 23.0. The molecule has 0 radical (unpaired) electrons. The molecule has 0 saturated carbocycles. The lowest BCUT2D eigenvalue weighted by molar-refractivity contribution is -0.137. The molecule has 0 aliphatic carbocycles. The van der Waals surface area contributed by atoms with E-state index in [0.29, 0.717) is 35.2 Å². The number of nitrogens with zero attached hydrogens (tertiary/aromatic N) is 5. The number of hydrogen-bond donors (Lipinski definition) is 1. The van der Waals surface area contributed by atoms with Gasteiger partial charge in [0.05, 0.1) is 40.3 Å². The zero-order valence-corrected chi connectivity index (χ0v) is 18.5. The van der Waals surface area contributed by atoms with E-state index in [1.165, 1.54) is 23.3 Å². The van der Waals surface area contributed by atoms with E-state index in [2.05, 4.69) is 27.4 Å². The van der Waals surface area contributed by atoms with Crippen LogP contribution in [0.5, 0.6) is 0 Å². The molecule has 2 aromatic heterocycles. The Morgan fingerprint density at radius 1 is 1.21 bits per heavy atom. The second-order valence-corrected chi connectivity index (χ2v) is 8.36. The summed E-state index contributed by atoms with van der Waals surface area (Å²) in [6.45, 7) is 2.92. The molecular formula is C22H22ClF3N6O. The van der Waals surface area contributed by atoms with Crippen LogP contribution in [0, 0.1) is 5.92 Å². The fourth-order valence-corrected chi connectivity index (χ4v) is 4.31. The van der Waals surface area contributed by atoms with Crippen LogP contribution in [0.2, 0.25) is 5.02 Å². The fraction of sp³-hybridized carbons (Fsp3) is 0.364. The highest BCUT2D eigenvalue weighted by Crippen LogP contribution is 2.31. The fourth-order valence-electron chi connectivity index (χ4n) is 4.06. The van der Waals surface area contributed by atoms with Crippen molar-refractivity contribution in [2.45, 2.75) is 32.0 Å². The number of carbonyl (C=O) groups is 1. The van der Waals surface area contributed by atoms with Crippen molar-refractivity contribution >= 4 is 23.3 Å². The molecular weight excluding hydrogens is 457 g/mol. The molecule has 0 spiro atoms. The number of aromatic nitrogens is 4. The maximum absolute atomic E-state index is 13.7. The average Bonchev–Trinajstić information content (AvgIpc) is 3.32. The molecule has 3 heterocycles. The summed E-state index contributed by atoms with van der Waals surface area (Å²) < 4.78 is 38.4. The number of anilines is 1. The summed E-state index contributed by atoms with van der Waals surface area (Å²) in [6.07, 6.45) is 1.14. The van der Waals surface area contributed by atoms with E-state index in [0.717, 1.165) is 25.1 Å². The van der Waals surface area contributed by atoms with Crippen LogP contribution in [0.3, 0.4) is 0 Å². The van der Waals surface area contributed by atoms with Crippen molar-refractivity contribution in [1.29, 1.82) is 0 Å². The molecule has 1 aliphatic heterocycles. The van der Waals surface area contributed by atoms with Crippen LogP contribution in [-0.2, 0) is 6.18 Å². The van der Waals surface area contributed by atoms with Gasteiger partial charge in [0.2, 0.25) is 0 Å². The standard InChI is InChI=1S/C22H22ClF3N6O/c1-14-4-3-11-31(18(14)13-28-19-8-7-15(12-27-19)22(24,25)26)21(33)20-16(23)5-2-6-17(20)32-29-9-10-30-32/h2,5-10,12,14,18H,3-4,11,13H2,1H3,(H,27,28). The minimum Gasteiger partial charge on any atom is -0.368 e. The molecule has 1 N–H and O–H groups in total. The monoisotopic (exact) mass is 478 g/mol. The summed E-state index contributed by atoms with van der Waals surface area (Å²) in [5, 5.41) is 11.6. The maximum Gasteiger partial charge on any atom is 0.417 e. The van der Waals surface area contributed by atoms with E-state index < -0.39 is 11.7 Å². The Labute approximate surface area is 193 Å². The molecule has 11 heteroatoms. The molecule has 2 atom stereocenters. The number of amides is 1. The quantitative estimate of drug-likeness (QED) is 0.576. The van der Waals surface area contributed by atoms with Crippen LogP contribution in [0.1, 0.15) is 35.7 Å². The molecule has 3 aromatic rings. The number of nitrogens with one attached hydrogen (secondary N) is 1. The number of benzene rings is 1. The predicted molar refractivity (Wildman–Crippen MR) is 117 cm³/mol. The van der Waals surface area contributed by atoms with Gasteiger partial charge >= 0.3 is 6.18 Å². The molecule has 2 unspecified atom stereocenters. The van der Waals surface area contributed by atoms with Crippen molar-refractivity contribution in [3.8, 4) is 5.69 Å². The number of rotatable bonds is 5. The van der Waals surface area contributed by atoms with Gasteiger partial charge in [0.15, 0.2) is 0 Å². The zero-order valence-electron chi connectivity index (χ0n) is 17.8. The van der Waals surface area contributed by atoms with Crippen LogP contribution in [0.15, 0.2) is 48.9 Å². The molecule has 1 saturated heterocycles. The second kappa shape index (κ2) is 9.38. The summed E-state index contributed by atoms with van der Waals surface area (Å²) in [6, 6.07) is 7.17. The van der Waals surface area contributed by atoms with E-state index in [1.807, 2.05) is 0 Å². The topological polar surface area (TPSA) is 75.9 Å². The van der Waals surface area contributed by atoms with Crippen LogP contribution < -0.4 is 5.32 Å². The van der Waals surface area contributed by atoms with E-state index in [4.69, 9.17) is 11.6 Å². The van der Waals surface area contributed by atoms with Crippen LogP contribution in [0.4, 0.5) is 19.0 Å². The molecule has 1 fully saturated rings. The lowest BCUT2D eigenvalue weighted by atomic mass is 9.90. The Kier molecular flexibility index (Phi) is 6.55. The van der Waals surface area contributed by atoms with Gasteiger partial charge in [-0.05, 0) is 43.0 Å². The highest BCUT2D eigenvalue weighted by Gasteiger charge is 2.35. The molecule has 33 heavy (non-hydrogen) atoms. The number of halogens is 4. The third-order valence-electron chi connectivity index (χ3n) is 5.80. The minimum atomic E-state index is -4.44. The van der Waals surface area contributed by atoms with Crippen molar-refractivity contribution in [2.24, 2.45) is 5.92 Å². The summed E-state index contributed by atoms with van der Waals surface area (Å²) in [7, 11) is 0. The molecule has 1 amide bonds. The summed E-state index contributed by atoms with van der Waals surface area (Å²) in [5.74, 6) is 0.234. The van der Waals surface area contributed by atoms with Crippen molar-refractivity contribution in [3.05, 3.63) is 65.1 Å². The van der Waals surface area contributed by atoms with Gasteiger partial charge in [0, 0.05) is 19.3 Å². The molecule has 7 nitrogen and oxygen atoms in total. The van der Waals surface area contributed by atoms with Crippen LogP contribution >= 0.6 is 11.6 Å². The van der Waals surface area contributed by atoms with Gasteiger partial charge in [-0.25, -0.2) is 4.98 Å². The molecule has 1 aromatic carbocycles. The first-order valence-corrected chi connectivity index (χ1v) is 10.9. The van der Waals surface area contributed by atoms with Gasteiger partial charge in [0.25, 0.3) is 5.91 Å². The first-order valence-electron chi connectivity index (χ1n) is 10.5. The van der Waals surface area contributed by atoms with Crippen molar-refractivity contribution < 1.29 is 18.0 Å². The number of alkyl halides is 3. The average molecular weight is 479 g/mol. The smallest absolute Gasteiger partial charge is 0.368 e. The third kappa shape index (κ3) is 4.95. The summed E-state index contributed by atoms with van der Waals surface area (Å²) in [4.78, 5) is 20.6. The number of carbonyl (C=O) groups excluding carboxylic acids is 1. The Morgan fingerprint density at radius 2 is 1.97 bits per heavy atom. The van der Waals surface area contributed by atoms with Gasteiger partial charge in [-0.15, -0.1) is 0 Å². The third-order valence-corrected chi connectivity index (χ3v) is 6.11. The van der Waals surface area contributed by atoms with Crippen LogP contribution in [-0.4, -0.2) is 49.9 Å². The number of hydrogen-bond acceptors (Lipinski definition) is 5. The number of likely N-dealkylation sites (tertiary alicyclic amines) is 1. The van der Waals surface area contributed by atoms with E-state index in [-0.39, 0.29) is 17.9 Å². The Balaban J connectivity index is 1.56. The second-order valence-electron chi connectivity index (χ2n) is 7.95. The Bertz CT molecular complexity index is 1100. The summed E-state index contributed by atoms with van der Waals surface area (Å²) in [5.41, 5.74) is -0.0247. The predicted octanol–water partition coefficient (Wildman–Crippen LogP) is 4.69. The minimum absolute atomic E-state index is 0.165. The van der Waals surface area contributed by atoms with Crippen molar-refractivity contribution in [3.63, 3.8) is 0 Å². The van der Waals surface area contributed by atoms with E-state index in [9.17, 15) is 18.0 Å². The number of pyridine rings is 1. The van der Waals surface area contributed by atoms with Gasteiger partial charge in [-0.3, -0.25) is 4.79 Å². The van der Waals surface area contributed by atoms with Crippen molar-refractivity contribution in [2.75, 3.05) is 18.4 Å². The molecule has 0 bridgehead atoms. The Morgan fingerprint density at radius 3 is 2.64 bits per heavy atom. The van der Waals surface area contributed by atoms with E-state index >= 15 is 0 Å². The maximum atomic E-state index is 13.7. The molecule has 1 aliphatic rings. The zero-order chi connectivity index (χ0) is 23.6. The highest BCUT2D eigenvalue weighted by atomic mass is 35.5. The summed E-state index contributed by atoms with van der Waals surface area (Å²) >= 11 is 6.44. The van der Waals surface area contributed by atoms with E-state index in [1.54, 1.807) is 23.1 Å². The SMILES string of the molecule is CC1CCCN(C(=O)c2c(Cl)cccc2-n2nccn2)C1CNc1ccc(C(F)(F)F)cn1. The largest absolute Gasteiger partial charge is 0.417 e. The number of piperidine rings is 1. The molecule has 174 valence electrons. The van der Waals surface area contributed by atoms with Gasteiger partial charge in [0.1, 0.15) is 5.82 Å². The van der Waals surface area contributed by atoms with Crippen LogP contribution in [0.25, 0.3) is 5.69 Å². The molecule has 4 rings (SSSR count). The van der Waals surface area contributed by atoms with Gasteiger partial charge in [-0.2, -0.15) is 28.2 Å². The van der Waals surface area contributed by atoms with Gasteiger partial charge in [-0.1, -0.05) is 24.6 Å². The lowest BCUT2D eigenvalue weighted by Crippen LogP contribution is -2.51. The normalized spacial score (nSPS) is 18.9.